The molecule has 3 heterocycles. The molecule has 1 aliphatic heterocycles. The van der Waals surface area contributed by atoms with E-state index in [2.05, 4.69) is 32.0 Å². The Morgan fingerprint density at radius 1 is 1.32 bits per heavy atom. The Balaban J connectivity index is 1.54. The van der Waals surface area contributed by atoms with Crippen LogP contribution < -0.4 is 15.1 Å². The van der Waals surface area contributed by atoms with Crippen molar-refractivity contribution in [2.75, 3.05) is 29.9 Å². The molecule has 0 aliphatic carbocycles. The third kappa shape index (κ3) is 3.64. The lowest BCUT2D eigenvalue weighted by Gasteiger charge is -2.23. The fourth-order valence-electron chi connectivity index (χ4n) is 3.45. The van der Waals surface area contributed by atoms with E-state index in [9.17, 15) is 4.79 Å². The fraction of sp³-hybridized carbons (Fsp3) is 0.400. The summed E-state index contributed by atoms with van der Waals surface area (Å²) in [5.74, 6) is 0.943. The van der Waals surface area contributed by atoms with E-state index >= 15 is 0 Å². The number of hydrogen-bond donors (Lipinski definition) is 1. The molecule has 1 fully saturated rings. The summed E-state index contributed by atoms with van der Waals surface area (Å²) < 4.78 is 0.970. The highest BCUT2D eigenvalue weighted by Crippen LogP contribution is 2.36. The highest BCUT2D eigenvalue weighted by Gasteiger charge is 2.33. The molecule has 3 aromatic rings. The molecule has 1 amide bonds. The molecule has 2 aromatic heterocycles. The summed E-state index contributed by atoms with van der Waals surface area (Å²) in [7, 11) is 2.01. The van der Waals surface area contributed by atoms with Gasteiger partial charge in [0.15, 0.2) is 16.6 Å². The van der Waals surface area contributed by atoms with Crippen LogP contribution in [0, 0.1) is 0 Å². The van der Waals surface area contributed by atoms with Gasteiger partial charge in [0.05, 0.1) is 0 Å². The van der Waals surface area contributed by atoms with Gasteiger partial charge in [-0.05, 0) is 25.3 Å². The number of benzene rings is 1. The highest BCUT2D eigenvalue weighted by atomic mass is 32.1. The molecule has 1 N–H and O–H groups in total. The molecular formula is C20H24N6OS. The van der Waals surface area contributed by atoms with Crippen LogP contribution in [0.3, 0.4) is 0 Å². The molecule has 7 nitrogen and oxygen atoms in total. The smallest absolute Gasteiger partial charge is 0.243 e. The number of carbonyl (C=O) groups is 1. The van der Waals surface area contributed by atoms with E-state index in [0.717, 1.165) is 47.1 Å². The third-order valence-electron chi connectivity index (χ3n) is 5.11. The largest absolute Gasteiger partial charge is 0.359 e. The number of hydrogen-bond acceptors (Lipinski definition) is 7. The zero-order valence-electron chi connectivity index (χ0n) is 16.1. The van der Waals surface area contributed by atoms with Gasteiger partial charge in [-0.25, -0.2) is 9.97 Å². The Morgan fingerprint density at radius 3 is 2.93 bits per heavy atom. The second kappa shape index (κ2) is 8.10. The van der Waals surface area contributed by atoms with Gasteiger partial charge in [0, 0.05) is 26.7 Å². The molecular weight excluding hydrogens is 372 g/mol. The van der Waals surface area contributed by atoms with Crippen molar-refractivity contribution in [1.82, 2.24) is 20.3 Å². The van der Waals surface area contributed by atoms with Crippen molar-refractivity contribution < 1.29 is 4.79 Å². The van der Waals surface area contributed by atoms with Crippen LogP contribution in [0.5, 0.6) is 0 Å². The minimum absolute atomic E-state index is 0.0533. The number of aromatic nitrogens is 3. The molecule has 8 heteroatoms. The van der Waals surface area contributed by atoms with E-state index in [-0.39, 0.29) is 11.9 Å². The van der Waals surface area contributed by atoms with Crippen molar-refractivity contribution in [2.45, 2.75) is 32.4 Å². The van der Waals surface area contributed by atoms with Crippen LogP contribution >= 0.6 is 11.3 Å². The minimum Gasteiger partial charge on any atom is -0.359 e. The van der Waals surface area contributed by atoms with Gasteiger partial charge < -0.3 is 15.1 Å². The van der Waals surface area contributed by atoms with Gasteiger partial charge in [0.2, 0.25) is 5.91 Å². The highest BCUT2D eigenvalue weighted by molar-refractivity contribution is 7.22. The molecule has 4 rings (SSSR count). The lowest BCUT2D eigenvalue weighted by Crippen LogP contribution is -2.43. The number of fused-ring (bicyclic) bond motifs is 1. The van der Waals surface area contributed by atoms with Gasteiger partial charge in [-0.3, -0.25) is 4.79 Å². The van der Waals surface area contributed by atoms with Gasteiger partial charge in [-0.1, -0.05) is 41.7 Å². The molecule has 0 saturated carbocycles. The molecule has 28 heavy (non-hydrogen) atoms. The first-order valence-corrected chi connectivity index (χ1v) is 10.4. The van der Waals surface area contributed by atoms with E-state index < -0.39 is 0 Å². The van der Waals surface area contributed by atoms with Crippen LogP contribution in [0.15, 0.2) is 36.7 Å². The predicted octanol–water partition coefficient (Wildman–Crippen LogP) is 2.83. The summed E-state index contributed by atoms with van der Waals surface area (Å²) in [5, 5.41) is 3.92. The average molecular weight is 397 g/mol. The van der Waals surface area contributed by atoms with E-state index in [0.29, 0.717) is 12.2 Å². The third-order valence-corrected chi connectivity index (χ3v) is 6.19. The van der Waals surface area contributed by atoms with E-state index in [4.69, 9.17) is 4.98 Å². The number of rotatable bonds is 6. The number of thiazole rings is 1. The first kappa shape index (κ1) is 18.6. The second-order valence-electron chi connectivity index (χ2n) is 6.92. The van der Waals surface area contributed by atoms with E-state index in [1.54, 1.807) is 17.7 Å². The van der Waals surface area contributed by atoms with Crippen molar-refractivity contribution in [2.24, 2.45) is 0 Å². The zero-order chi connectivity index (χ0) is 19.5. The molecule has 0 radical (unpaired) electrons. The summed E-state index contributed by atoms with van der Waals surface area (Å²) in [6, 6.07) is 9.79. The van der Waals surface area contributed by atoms with Crippen LogP contribution in [0.2, 0.25) is 0 Å². The minimum atomic E-state index is -0.190. The molecule has 1 aliphatic rings. The lowest BCUT2D eigenvalue weighted by molar-refractivity contribution is -0.122. The van der Waals surface area contributed by atoms with Crippen molar-refractivity contribution in [1.29, 1.82) is 0 Å². The van der Waals surface area contributed by atoms with E-state index in [1.165, 1.54) is 0 Å². The molecule has 1 atom stereocenters. The summed E-state index contributed by atoms with van der Waals surface area (Å²) in [6.07, 6.45) is 3.37. The molecule has 1 saturated heterocycles. The number of anilines is 2. The van der Waals surface area contributed by atoms with Crippen LogP contribution in [-0.4, -0.2) is 47.0 Å². The SMILES string of the molecule is CCN(C)c1ncnc2nc(N3CCC[C@@H]3C(=O)NCc3ccccc3)sc12. The van der Waals surface area contributed by atoms with Gasteiger partial charge in [-0.2, -0.15) is 4.98 Å². The molecule has 0 spiro atoms. The maximum Gasteiger partial charge on any atom is 0.243 e. The Morgan fingerprint density at radius 2 is 2.14 bits per heavy atom. The van der Waals surface area contributed by atoms with Gasteiger partial charge in [0.1, 0.15) is 17.1 Å². The zero-order valence-corrected chi connectivity index (χ0v) is 16.9. The molecule has 0 bridgehead atoms. The maximum atomic E-state index is 12.8. The second-order valence-corrected chi connectivity index (χ2v) is 7.89. The Labute approximate surface area is 168 Å². The van der Waals surface area contributed by atoms with Crippen LogP contribution in [0.1, 0.15) is 25.3 Å². The van der Waals surface area contributed by atoms with Gasteiger partial charge in [0.25, 0.3) is 0 Å². The predicted molar refractivity (Wildman–Crippen MR) is 113 cm³/mol. The standard InChI is InChI=1S/C20H24N6OS/c1-3-25(2)18-16-17(22-13-23-18)24-20(28-16)26-11-7-10-15(26)19(27)21-12-14-8-5-4-6-9-14/h4-6,8-9,13,15H,3,7,10-12H2,1-2H3,(H,21,27)/t15-/m1/s1. The molecule has 0 unspecified atom stereocenters. The Bertz CT molecular complexity index is 960. The molecule has 146 valence electrons. The first-order chi connectivity index (χ1) is 13.7. The fourth-order valence-corrected chi connectivity index (χ4v) is 4.59. The number of carbonyl (C=O) groups excluding carboxylic acids is 1. The number of nitrogens with one attached hydrogen (secondary N) is 1. The van der Waals surface area contributed by atoms with Crippen LogP contribution in [0.25, 0.3) is 10.3 Å². The first-order valence-electron chi connectivity index (χ1n) is 9.58. The number of amides is 1. The Hall–Kier alpha value is -2.74. The normalized spacial score (nSPS) is 16.5. The average Bonchev–Trinajstić information content (AvgIpc) is 3.38. The van der Waals surface area contributed by atoms with Gasteiger partial charge in [-0.15, -0.1) is 0 Å². The number of nitrogens with zero attached hydrogens (tertiary/aromatic N) is 5. The van der Waals surface area contributed by atoms with Crippen molar-refractivity contribution in [3.8, 4) is 0 Å². The van der Waals surface area contributed by atoms with Gasteiger partial charge >= 0.3 is 0 Å². The molecule has 1 aromatic carbocycles. The topological polar surface area (TPSA) is 74.2 Å². The van der Waals surface area contributed by atoms with Crippen LogP contribution in [-0.2, 0) is 11.3 Å². The lowest BCUT2D eigenvalue weighted by atomic mass is 10.2. The van der Waals surface area contributed by atoms with Crippen molar-refractivity contribution >= 4 is 38.5 Å². The van der Waals surface area contributed by atoms with E-state index in [1.807, 2.05) is 37.4 Å². The summed E-state index contributed by atoms with van der Waals surface area (Å²) in [4.78, 5) is 30.5. The van der Waals surface area contributed by atoms with Crippen molar-refractivity contribution in [3.05, 3.63) is 42.2 Å². The Kier molecular flexibility index (Phi) is 5.38. The summed E-state index contributed by atoms with van der Waals surface area (Å²) in [6.45, 7) is 4.31. The van der Waals surface area contributed by atoms with Crippen molar-refractivity contribution in [3.63, 3.8) is 0 Å². The summed E-state index contributed by atoms with van der Waals surface area (Å²) in [5.41, 5.74) is 1.79. The monoisotopic (exact) mass is 396 g/mol. The summed E-state index contributed by atoms with van der Waals surface area (Å²) >= 11 is 1.57. The quantitative estimate of drug-likeness (QED) is 0.691. The maximum absolute atomic E-state index is 12.8. The van der Waals surface area contributed by atoms with Crippen LogP contribution in [0.4, 0.5) is 10.9 Å².